The maximum Gasteiger partial charge on any atom is 0.0951 e. The van der Waals surface area contributed by atoms with Gasteiger partial charge >= 0.3 is 0 Å². The second-order valence-electron chi connectivity index (χ2n) is 3.96. The van der Waals surface area contributed by atoms with Crippen molar-refractivity contribution in [1.82, 2.24) is 5.43 Å². The van der Waals surface area contributed by atoms with Crippen molar-refractivity contribution in [2.75, 3.05) is 6.61 Å². The van der Waals surface area contributed by atoms with Crippen molar-refractivity contribution in [3.05, 3.63) is 24.2 Å². The third-order valence-electron chi connectivity index (χ3n) is 2.86. The van der Waals surface area contributed by atoms with E-state index in [0.29, 0.717) is 5.92 Å². The van der Waals surface area contributed by atoms with Crippen LogP contribution < -0.4 is 11.3 Å². The Morgan fingerprint density at radius 2 is 2.47 bits per heavy atom. The van der Waals surface area contributed by atoms with Crippen LogP contribution in [0, 0.1) is 5.92 Å². The van der Waals surface area contributed by atoms with Gasteiger partial charge in [0.05, 0.1) is 24.7 Å². The Balaban J connectivity index is 2.08. The molecular formula is C11H18N2O2. The Kier molecular flexibility index (Phi) is 3.41. The van der Waals surface area contributed by atoms with Gasteiger partial charge in [-0.15, -0.1) is 0 Å². The Bertz CT molecular complexity index is 283. The van der Waals surface area contributed by atoms with Crippen LogP contribution in [0.1, 0.15) is 31.4 Å². The number of nitrogens with one attached hydrogen (secondary N) is 1. The number of hydrogen-bond donors (Lipinski definition) is 2. The lowest BCUT2D eigenvalue weighted by Crippen LogP contribution is -2.39. The zero-order valence-corrected chi connectivity index (χ0v) is 8.98. The number of furan rings is 1. The molecule has 2 unspecified atom stereocenters. The van der Waals surface area contributed by atoms with Crippen LogP contribution in [0.3, 0.4) is 0 Å². The molecule has 0 amide bonds. The van der Waals surface area contributed by atoms with Gasteiger partial charge < -0.3 is 9.15 Å². The average Bonchev–Trinajstić information content (AvgIpc) is 2.96. The van der Waals surface area contributed by atoms with Crippen LogP contribution in [-0.4, -0.2) is 12.7 Å². The summed E-state index contributed by atoms with van der Waals surface area (Å²) in [4.78, 5) is 0. The molecule has 3 N–H and O–H groups in total. The van der Waals surface area contributed by atoms with Crippen molar-refractivity contribution in [1.29, 1.82) is 0 Å². The Hall–Kier alpha value is -0.840. The molecule has 4 heteroatoms. The van der Waals surface area contributed by atoms with Gasteiger partial charge in [-0.3, -0.25) is 11.3 Å². The summed E-state index contributed by atoms with van der Waals surface area (Å²) < 4.78 is 10.8. The first kappa shape index (κ1) is 10.7. The van der Waals surface area contributed by atoms with Crippen LogP contribution in [-0.2, 0) is 4.74 Å². The van der Waals surface area contributed by atoms with Gasteiger partial charge in [-0.05, 0) is 31.7 Å². The summed E-state index contributed by atoms with van der Waals surface area (Å²) in [5.74, 6) is 6.23. The summed E-state index contributed by atoms with van der Waals surface area (Å²) in [5.41, 5.74) is 3.88. The molecule has 15 heavy (non-hydrogen) atoms. The molecule has 2 rings (SSSR count). The third kappa shape index (κ3) is 2.40. The number of rotatable bonds is 6. The minimum atomic E-state index is 0.0381. The highest BCUT2D eigenvalue weighted by atomic mass is 16.5. The minimum Gasteiger partial charge on any atom is -0.472 e. The fourth-order valence-electron chi connectivity index (χ4n) is 1.95. The van der Waals surface area contributed by atoms with Crippen LogP contribution >= 0.6 is 0 Å². The predicted octanol–water partition coefficient (Wildman–Crippen LogP) is 1.60. The van der Waals surface area contributed by atoms with Crippen molar-refractivity contribution >= 4 is 0 Å². The van der Waals surface area contributed by atoms with E-state index in [1.54, 1.807) is 12.5 Å². The molecule has 4 nitrogen and oxygen atoms in total. The Labute approximate surface area is 89.7 Å². The van der Waals surface area contributed by atoms with E-state index in [2.05, 4.69) is 5.43 Å². The molecule has 0 spiro atoms. The van der Waals surface area contributed by atoms with Gasteiger partial charge in [0.1, 0.15) is 0 Å². The molecule has 1 saturated carbocycles. The molecule has 1 fully saturated rings. The van der Waals surface area contributed by atoms with Gasteiger partial charge in [0, 0.05) is 12.2 Å². The van der Waals surface area contributed by atoms with Crippen LogP contribution in [0.25, 0.3) is 0 Å². The lowest BCUT2D eigenvalue weighted by Gasteiger charge is -2.25. The fraction of sp³-hybridized carbons (Fsp3) is 0.636. The maximum atomic E-state index is 5.76. The van der Waals surface area contributed by atoms with Gasteiger partial charge in [0.25, 0.3) is 0 Å². The van der Waals surface area contributed by atoms with Crippen LogP contribution in [0.4, 0.5) is 0 Å². The van der Waals surface area contributed by atoms with E-state index in [4.69, 9.17) is 15.0 Å². The van der Waals surface area contributed by atoms with Gasteiger partial charge in [-0.25, -0.2) is 0 Å². The molecule has 84 valence electrons. The average molecular weight is 210 g/mol. The normalized spacial score (nSPS) is 20.1. The van der Waals surface area contributed by atoms with E-state index in [1.165, 1.54) is 12.8 Å². The van der Waals surface area contributed by atoms with E-state index >= 15 is 0 Å². The molecule has 1 aliphatic rings. The largest absolute Gasteiger partial charge is 0.472 e. The SMILES string of the molecule is CCOC(C1CC1)C(NN)c1ccoc1. The first-order valence-corrected chi connectivity index (χ1v) is 5.46. The van der Waals surface area contributed by atoms with Gasteiger partial charge in [-0.1, -0.05) is 0 Å². The molecule has 0 aliphatic heterocycles. The number of hydrogen-bond acceptors (Lipinski definition) is 4. The quantitative estimate of drug-likeness (QED) is 0.553. The zero-order chi connectivity index (χ0) is 10.7. The molecule has 0 radical (unpaired) electrons. The third-order valence-corrected chi connectivity index (χ3v) is 2.86. The van der Waals surface area contributed by atoms with Crippen molar-refractivity contribution in [3.63, 3.8) is 0 Å². The lowest BCUT2D eigenvalue weighted by molar-refractivity contribution is 0.0184. The molecule has 2 atom stereocenters. The molecule has 0 aromatic carbocycles. The first-order chi connectivity index (χ1) is 7.36. The van der Waals surface area contributed by atoms with Gasteiger partial charge in [-0.2, -0.15) is 0 Å². The van der Waals surface area contributed by atoms with Crippen LogP contribution in [0.15, 0.2) is 23.0 Å². The standard InChI is InChI=1S/C11H18N2O2/c1-2-15-11(8-3-4-8)10(13-12)9-5-6-14-7-9/h5-8,10-11,13H,2-4,12H2,1H3. The van der Waals surface area contributed by atoms with E-state index in [0.717, 1.165) is 12.2 Å². The molecule has 1 heterocycles. The van der Waals surface area contributed by atoms with E-state index in [1.807, 2.05) is 13.0 Å². The summed E-state index contributed by atoms with van der Waals surface area (Å²) in [6.45, 7) is 2.73. The highest BCUT2D eigenvalue weighted by Crippen LogP contribution is 2.39. The maximum absolute atomic E-state index is 5.76. The molecule has 1 aromatic rings. The summed E-state index contributed by atoms with van der Waals surface area (Å²) in [6.07, 6.45) is 6.02. The number of nitrogens with two attached hydrogens (primary N) is 1. The van der Waals surface area contributed by atoms with Gasteiger partial charge in [0.15, 0.2) is 0 Å². The van der Waals surface area contributed by atoms with E-state index in [-0.39, 0.29) is 12.1 Å². The Morgan fingerprint density at radius 1 is 1.67 bits per heavy atom. The highest BCUT2D eigenvalue weighted by Gasteiger charge is 2.37. The monoisotopic (exact) mass is 210 g/mol. The van der Waals surface area contributed by atoms with E-state index < -0.39 is 0 Å². The smallest absolute Gasteiger partial charge is 0.0951 e. The number of hydrazine groups is 1. The van der Waals surface area contributed by atoms with Crippen molar-refractivity contribution < 1.29 is 9.15 Å². The molecular weight excluding hydrogens is 192 g/mol. The van der Waals surface area contributed by atoms with Crippen LogP contribution in [0.5, 0.6) is 0 Å². The Morgan fingerprint density at radius 3 is 2.93 bits per heavy atom. The second kappa shape index (κ2) is 4.79. The van der Waals surface area contributed by atoms with E-state index in [9.17, 15) is 0 Å². The molecule has 0 saturated heterocycles. The summed E-state index contributed by atoms with van der Waals surface area (Å²) in [5, 5.41) is 0. The molecule has 1 aromatic heterocycles. The van der Waals surface area contributed by atoms with Gasteiger partial charge in [0.2, 0.25) is 0 Å². The summed E-state index contributed by atoms with van der Waals surface area (Å²) in [6, 6.07) is 1.97. The second-order valence-corrected chi connectivity index (χ2v) is 3.96. The number of ether oxygens (including phenoxy) is 1. The fourth-order valence-corrected chi connectivity index (χ4v) is 1.95. The topological polar surface area (TPSA) is 60.4 Å². The summed E-state index contributed by atoms with van der Waals surface area (Å²) >= 11 is 0. The van der Waals surface area contributed by atoms with Crippen molar-refractivity contribution in [2.45, 2.75) is 31.9 Å². The summed E-state index contributed by atoms with van der Waals surface area (Å²) in [7, 11) is 0. The minimum absolute atomic E-state index is 0.0381. The van der Waals surface area contributed by atoms with Crippen LogP contribution in [0.2, 0.25) is 0 Å². The first-order valence-electron chi connectivity index (χ1n) is 5.46. The molecule has 1 aliphatic carbocycles. The van der Waals surface area contributed by atoms with Crippen molar-refractivity contribution in [2.24, 2.45) is 11.8 Å². The predicted molar refractivity (Wildman–Crippen MR) is 56.9 cm³/mol. The highest BCUT2D eigenvalue weighted by molar-refractivity contribution is 5.14. The lowest BCUT2D eigenvalue weighted by atomic mass is 10.0. The van der Waals surface area contributed by atoms with Crippen molar-refractivity contribution in [3.8, 4) is 0 Å². The zero-order valence-electron chi connectivity index (χ0n) is 8.98. The molecule has 0 bridgehead atoms.